The maximum atomic E-state index is 4.31. The van der Waals surface area contributed by atoms with Gasteiger partial charge < -0.3 is 9.88 Å². The van der Waals surface area contributed by atoms with E-state index in [0.29, 0.717) is 0 Å². The SMILES string of the molecule is Cc1ccccc1CCNCCc1nccn1C. The highest BCUT2D eigenvalue weighted by molar-refractivity contribution is 5.25. The molecule has 18 heavy (non-hydrogen) atoms. The summed E-state index contributed by atoms with van der Waals surface area (Å²) < 4.78 is 2.07. The van der Waals surface area contributed by atoms with Gasteiger partial charge in [-0.2, -0.15) is 0 Å². The average molecular weight is 243 g/mol. The van der Waals surface area contributed by atoms with Gasteiger partial charge in [0.15, 0.2) is 0 Å². The molecule has 0 aliphatic heterocycles. The van der Waals surface area contributed by atoms with Crippen molar-refractivity contribution in [3.05, 3.63) is 53.6 Å². The second-order valence-electron chi connectivity index (χ2n) is 4.63. The third kappa shape index (κ3) is 3.44. The molecule has 0 radical (unpaired) electrons. The van der Waals surface area contributed by atoms with Gasteiger partial charge in [-0.1, -0.05) is 24.3 Å². The summed E-state index contributed by atoms with van der Waals surface area (Å²) in [7, 11) is 2.04. The van der Waals surface area contributed by atoms with Crippen LogP contribution in [0.1, 0.15) is 17.0 Å². The van der Waals surface area contributed by atoms with E-state index in [4.69, 9.17) is 0 Å². The Hall–Kier alpha value is -1.61. The van der Waals surface area contributed by atoms with Crippen LogP contribution in [0.25, 0.3) is 0 Å². The summed E-state index contributed by atoms with van der Waals surface area (Å²) >= 11 is 0. The number of hydrogen-bond acceptors (Lipinski definition) is 2. The van der Waals surface area contributed by atoms with Crippen molar-refractivity contribution < 1.29 is 0 Å². The Morgan fingerprint density at radius 1 is 1.17 bits per heavy atom. The Labute approximate surface area is 109 Å². The van der Waals surface area contributed by atoms with Crippen LogP contribution in [0.15, 0.2) is 36.7 Å². The first kappa shape index (κ1) is 12.8. The van der Waals surface area contributed by atoms with Crippen LogP contribution in [0.5, 0.6) is 0 Å². The molecule has 1 N–H and O–H groups in total. The molecule has 0 amide bonds. The van der Waals surface area contributed by atoms with Gasteiger partial charge in [-0.05, 0) is 31.0 Å². The zero-order valence-electron chi connectivity index (χ0n) is 11.2. The van der Waals surface area contributed by atoms with Crippen LogP contribution in [-0.4, -0.2) is 22.6 Å². The van der Waals surface area contributed by atoms with Gasteiger partial charge in [0.1, 0.15) is 5.82 Å². The molecular formula is C15H21N3. The van der Waals surface area contributed by atoms with E-state index in [9.17, 15) is 0 Å². The molecule has 0 aliphatic carbocycles. The summed E-state index contributed by atoms with van der Waals surface area (Å²) in [5, 5.41) is 3.47. The number of hydrogen-bond donors (Lipinski definition) is 1. The predicted octanol–water partition coefficient (Wildman–Crippen LogP) is 2.10. The minimum atomic E-state index is 0.983. The van der Waals surface area contributed by atoms with Gasteiger partial charge in [0.25, 0.3) is 0 Å². The zero-order valence-corrected chi connectivity index (χ0v) is 11.2. The number of nitrogens with zero attached hydrogens (tertiary/aromatic N) is 2. The number of nitrogens with one attached hydrogen (secondary N) is 1. The third-order valence-electron chi connectivity index (χ3n) is 3.28. The molecule has 3 heteroatoms. The Bertz CT molecular complexity index is 488. The van der Waals surface area contributed by atoms with Gasteiger partial charge in [0.2, 0.25) is 0 Å². The van der Waals surface area contributed by atoms with E-state index in [2.05, 4.69) is 46.1 Å². The van der Waals surface area contributed by atoms with Crippen molar-refractivity contribution in [2.75, 3.05) is 13.1 Å². The molecule has 0 fully saturated rings. The van der Waals surface area contributed by atoms with Gasteiger partial charge in [0.05, 0.1) is 0 Å². The molecule has 0 saturated heterocycles. The second kappa shape index (κ2) is 6.36. The standard InChI is InChI=1S/C15H21N3/c1-13-5-3-4-6-14(13)7-9-16-10-8-15-17-11-12-18(15)2/h3-6,11-12,16H,7-10H2,1-2H3. The summed E-state index contributed by atoms with van der Waals surface area (Å²) in [6.07, 6.45) is 5.91. The van der Waals surface area contributed by atoms with Crippen LogP contribution in [0, 0.1) is 6.92 Å². The van der Waals surface area contributed by atoms with Gasteiger partial charge in [-0.25, -0.2) is 4.98 Å². The van der Waals surface area contributed by atoms with Crippen molar-refractivity contribution in [2.45, 2.75) is 19.8 Å². The van der Waals surface area contributed by atoms with Crippen molar-refractivity contribution in [2.24, 2.45) is 7.05 Å². The monoisotopic (exact) mass is 243 g/mol. The van der Waals surface area contributed by atoms with Gasteiger partial charge in [-0.15, -0.1) is 0 Å². The van der Waals surface area contributed by atoms with E-state index in [1.54, 1.807) is 0 Å². The molecule has 1 aromatic heterocycles. The van der Waals surface area contributed by atoms with E-state index < -0.39 is 0 Å². The van der Waals surface area contributed by atoms with E-state index in [0.717, 1.165) is 31.8 Å². The van der Waals surface area contributed by atoms with E-state index in [-0.39, 0.29) is 0 Å². The minimum Gasteiger partial charge on any atom is -0.338 e. The quantitative estimate of drug-likeness (QED) is 0.787. The summed E-state index contributed by atoms with van der Waals surface area (Å²) in [4.78, 5) is 4.31. The first-order valence-corrected chi connectivity index (χ1v) is 6.49. The lowest BCUT2D eigenvalue weighted by molar-refractivity contribution is 0.652. The number of benzene rings is 1. The molecular weight excluding hydrogens is 222 g/mol. The highest BCUT2D eigenvalue weighted by Gasteiger charge is 1.99. The molecule has 0 saturated carbocycles. The molecule has 2 aromatic rings. The lowest BCUT2D eigenvalue weighted by atomic mass is 10.1. The molecule has 0 unspecified atom stereocenters. The maximum absolute atomic E-state index is 4.31. The predicted molar refractivity (Wildman–Crippen MR) is 74.7 cm³/mol. The molecule has 96 valence electrons. The summed E-state index contributed by atoms with van der Waals surface area (Å²) in [5.41, 5.74) is 2.81. The summed E-state index contributed by atoms with van der Waals surface area (Å²) in [5.74, 6) is 1.14. The summed E-state index contributed by atoms with van der Waals surface area (Å²) in [6.45, 7) is 4.18. The number of imidazole rings is 1. The molecule has 0 aliphatic rings. The van der Waals surface area contributed by atoms with Crippen molar-refractivity contribution in [3.63, 3.8) is 0 Å². The molecule has 3 nitrogen and oxygen atoms in total. The number of aromatic nitrogens is 2. The van der Waals surface area contributed by atoms with Crippen LogP contribution in [0.2, 0.25) is 0 Å². The number of aryl methyl sites for hydroxylation is 2. The molecule has 1 aromatic carbocycles. The largest absolute Gasteiger partial charge is 0.338 e. The fraction of sp³-hybridized carbons (Fsp3) is 0.400. The fourth-order valence-electron chi connectivity index (χ4n) is 2.08. The number of rotatable bonds is 6. The highest BCUT2D eigenvalue weighted by atomic mass is 15.0. The third-order valence-corrected chi connectivity index (χ3v) is 3.28. The van der Waals surface area contributed by atoms with Crippen LogP contribution >= 0.6 is 0 Å². The second-order valence-corrected chi connectivity index (χ2v) is 4.63. The molecule has 1 heterocycles. The fourth-order valence-corrected chi connectivity index (χ4v) is 2.08. The minimum absolute atomic E-state index is 0.983. The van der Waals surface area contributed by atoms with Crippen LogP contribution in [-0.2, 0) is 19.9 Å². The lowest BCUT2D eigenvalue weighted by Gasteiger charge is -2.07. The van der Waals surface area contributed by atoms with E-state index in [1.807, 2.05) is 19.4 Å². The Balaban J connectivity index is 1.68. The molecule has 0 bridgehead atoms. The van der Waals surface area contributed by atoms with Gasteiger partial charge in [-0.3, -0.25) is 0 Å². The zero-order chi connectivity index (χ0) is 12.8. The van der Waals surface area contributed by atoms with Crippen molar-refractivity contribution in [1.29, 1.82) is 0 Å². The van der Waals surface area contributed by atoms with Crippen molar-refractivity contribution >= 4 is 0 Å². The maximum Gasteiger partial charge on any atom is 0.109 e. The van der Waals surface area contributed by atoms with Crippen molar-refractivity contribution in [3.8, 4) is 0 Å². The van der Waals surface area contributed by atoms with Crippen LogP contribution in [0.4, 0.5) is 0 Å². The summed E-state index contributed by atoms with van der Waals surface area (Å²) in [6, 6.07) is 8.57. The highest BCUT2D eigenvalue weighted by Crippen LogP contribution is 2.06. The first-order valence-electron chi connectivity index (χ1n) is 6.49. The normalized spacial score (nSPS) is 10.8. The molecule has 2 rings (SSSR count). The topological polar surface area (TPSA) is 29.9 Å². The van der Waals surface area contributed by atoms with E-state index in [1.165, 1.54) is 11.1 Å². The van der Waals surface area contributed by atoms with E-state index >= 15 is 0 Å². The van der Waals surface area contributed by atoms with Crippen LogP contribution < -0.4 is 5.32 Å². The van der Waals surface area contributed by atoms with Gasteiger partial charge >= 0.3 is 0 Å². The Morgan fingerprint density at radius 2 is 1.94 bits per heavy atom. The Morgan fingerprint density at radius 3 is 2.67 bits per heavy atom. The Kier molecular flexibility index (Phi) is 4.53. The van der Waals surface area contributed by atoms with Crippen LogP contribution in [0.3, 0.4) is 0 Å². The first-order chi connectivity index (χ1) is 8.77. The van der Waals surface area contributed by atoms with Gasteiger partial charge in [0, 0.05) is 32.4 Å². The lowest BCUT2D eigenvalue weighted by Crippen LogP contribution is -2.21. The average Bonchev–Trinajstić information content (AvgIpc) is 2.77. The van der Waals surface area contributed by atoms with Crippen molar-refractivity contribution in [1.82, 2.24) is 14.9 Å². The molecule has 0 atom stereocenters. The molecule has 0 spiro atoms. The smallest absolute Gasteiger partial charge is 0.109 e.